The van der Waals surface area contributed by atoms with E-state index in [9.17, 15) is 0 Å². The van der Waals surface area contributed by atoms with Gasteiger partial charge >= 0.3 is 0 Å². The van der Waals surface area contributed by atoms with E-state index in [1.165, 1.54) is 5.57 Å². The molecule has 0 aromatic carbocycles. The molecule has 0 aliphatic rings. The van der Waals surface area contributed by atoms with Crippen LogP contribution in [0, 0.1) is 5.92 Å². The summed E-state index contributed by atoms with van der Waals surface area (Å²) in [5.74, 6) is 0.713. The second-order valence-electron chi connectivity index (χ2n) is 5.19. The fraction of sp³-hybridized carbons (Fsp3) is 0.533. The van der Waals surface area contributed by atoms with Crippen LogP contribution in [-0.2, 0) is 6.42 Å². The van der Waals surface area contributed by atoms with Crippen molar-refractivity contribution < 1.29 is 0 Å². The van der Waals surface area contributed by atoms with Gasteiger partial charge in [-0.15, -0.1) is 0 Å². The molecule has 0 saturated heterocycles. The molecule has 3 nitrogen and oxygen atoms in total. The number of pyridine rings is 1. The molecule has 1 aromatic heterocycles. The predicted octanol–water partition coefficient (Wildman–Crippen LogP) is 2.79. The minimum Gasteiger partial charge on any atom is -0.398 e. The first-order valence-electron chi connectivity index (χ1n) is 6.64. The molecule has 0 fully saturated rings. The van der Waals surface area contributed by atoms with Crippen LogP contribution in [0.15, 0.2) is 30.1 Å². The van der Waals surface area contributed by atoms with Crippen molar-refractivity contribution in [2.45, 2.75) is 33.6 Å². The topological polar surface area (TPSA) is 50.9 Å². The molecule has 100 valence electrons. The standard InChI is InChI=1S/C15H25N3/c1-12(2)10-17-7-4-5-13(3)9-14-11-18-8-6-15(14)16/h5-6,8,11-12,17H,4,7,9-10H2,1-3H3,(H2,16,18). The molecule has 0 aliphatic carbocycles. The Morgan fingerprint density at radius 2 is 2.28 bits per heavy atom. The highest BCUT2D eigenvalue weighted by Gasteiger charge is 1.99. The maximum Gasteiger partial charge on any atom is 0.0380 e. The maximum atomic E-state index is 5.90. The molecular formula is C15H25N3. The average molecular weight is 247 g/mol. The number of aromatic nitrogens is 1. The average Bonchev–Trinajstić information content (AvgIpc) is 2.31. The summed E-state index contributed by atoms with van der Waals surface area (Å²) in [4.78, 5) is 4.11. The fourth-order valence-corrected chi connectivity index (χ4v) is 1.77. The van der Waals surface area contributed by atoms with Crippen LogP contribution in [0.2, 0.25) is 0 Å². The van der Waals surface area contributed by atoms with Gasteiger partial charge in [0, 0.05) is 18.1 Å². The Bertz CT molecular complexity index is 383. The third kappa shape index (κ3) is 5.82. The maximum absolute atomic E-state index is 5.90. The number of nitrogens with one attached hydrogen (secondary N) is 1. The largest absolute Gasteiger partial charge is 0.398 e. The Labute approximate surface area is 111 Å². The van der Waals surface area contributed by atoms with Crippen LogP contribution in [0.1, 0.15) is 32.8 Å². The summed E-state index contributed by atoms with van der Waals surface area (Å²) in [5, 5.41) is 3.43. The molecular weight excluding hydrogens is 222 g/mol. The zero-order valence-corrected chi connectivity index (χ0v) is 11.7. The molecule has 0 aliphatic heterocycles. The second-order valence-corrected chi connectivity index (χ2v) is 5.19. The Morgan fingerprint density at radius 3 is 2.94 bits per heavy atom. The van der Waals surface area contributed by atoms with Crippen molar-refractivity contribution in [3.63, 3.8) is 0 Å². The van der Waals surface area contributed by atoms with Crippen LogP contribution in [0.4, 0.5) is 5.69 Å². The lowest BCUT2D eigenvalue weighted by Gasteiger charge is -2.07. The number of anilines is 1. The molecule has 0 radical (unpaired) electrons. The molecule has 0 spiro atoms. The van der Waals surface area contributed by atoms with E-state index in [0.717, 1.165) is 37.2 Å². The van der Waals surface area contributed by atoms with Gasteiger partial charge in [-0.05, 0) is 50.4 Å². The summed E-state index contributed by atoms with van der Waals surface area (Å²) < 4.78 is 0. The van der Waals surface area contributed by atoms with E-state index in [-0.39, 0.29) is 0 Å². The molecule has 3 heteroatoms. The van der Waals surface area contributed by atoms with Crippen molar-refractivity contribution in [3.05, 3.63) is 35.7 Å². The first kappa shape index (κ1) is 14.7. The molecule has 0 saturated carbocycles. The highest BCUT2D eigenvalue weighted by Crippen LogP contribution is 2.13. The lowest BCUT2D eigenvalue weighted by molar-refractivity contribution is 0.556. The van der Waals surface area contributed by atoms with E-state index in [1.807, 2.05) is 12.3 Å². The van der Waals surface area contributed by atoms with Gasteiger partial charge in [0.2, 0.25) is 0 Å². The second kappa shape index (κ2) is 7.88. The van der Waals surface area contributed by atoms with E-state index in [1.54, 1.807) is 6.20 Å². The zero-order chi connectivity index (χ0) is 13.4. The van der Waals surface area contributed by atoms with E-state index in [0.29, 0.717) is 5.92 Å². The van der Waals surface area contributed by atoms with Gasteiger partial charge in [0.05, 0.1) is 0 Å². The number of nitrogens with two attached hydrogens (primary N) is 1. The van der Waals surface area contributed by atoms with Crippen molar-refractivity contribution in [1.29, 1.82) is 0 Å². The number of nitrogens with zero attached hydrogens (tertiary/aromatic N) is 1. The summed E-state index contributed by atoms with van der Waals surface area (Å²) in [6.45, 7) is 8.72. The van der Waals surface area contributed by atoms with E-state index >= 15 is 0 Å². The summed E-state index contributed by atoms with van der Waals surface area (Å²) in [7, 11) is 0. The molecule has 1 heterocycles. The van der Waals surface area contributed by atoms with Gasteiger partial charge in [0.15, 0.2) is 0 Å². The third-order valence-electron chi connectivity index (χ3n) is 2.78. The van der Waals surface area contributed by atoms with E-state index in [2.05, 4.69) is 37.1 Å². The summed E-state index contributed by atoms with van der Waals surface area (Å²) in [5.41, 5.74) is 9.19. The Balaban J connectivity index is 2.32. The number of nitrogen functional groups attached to an aromatic ring is 1. The number of allylic oxidation sites excluding steroid dienone is 1. The van der Waals surface area contributed by atoms with Crippen LogP contribution in [0.25, 0.3) is 0 Å². The van der Waals surface area contributed by atoms with Gasteiger partial charge in [-0.25, -0.2) is 0 Å². The van der Waals surface area contributed by atoms with Gasteiger partial charge in [0.25, 0.3) is 0 Å². The van der Waals surface area contributed by atoms with Gasteiger partial charge in [-0.3, -0.25) is 4.98 Å². The van der Waals surface area contributed by atoms with Crippen molar-refractivity contribution >= 4 is 5.69 Å². The Hall–Kier alpha value is -1.35. The number of rotatable bonds is 7. The number of hydrogen-bond acceptors (Lipinski definition) is 3. The molecule has 1 aromatic rings. The minimum atomic E-state index is 0.713. The first-order valence-corrected chi connectivity index (χ1v) is 6.64. The Morgan fingerprint density at radius 1 is 1.50 bits per heavy atom. The SMILES string of the molecule is CC(=CCCNCC(C)C)Cc1cnccc1N. The first-order chi connectivity index (χ1) is 8.59. The molecule has 0 atom stereocenters. The van der Waals surface area contributed by atoms with Gasteiger partial charge < -0.3 is 11.1 Å². The summed E-state index contributed by atoms with van der Waals surface area (Å²) in [6, 6.07) is 1.85. The van der Waals surface area contributed by atoms with Gasteiger partial charge in [-0.1, -0.05) is 25.5 Å². The number of hydrogen-bond donors (Lipinski definition) is 2. The highest BCUT2D eigenvalue weighted by atomic mass is 14.8. The lowest BCUT2D eigenvalue weighted by atomic mass is 10.1. The molecule has 18 heavy (non-hydrogen) atoms. The lowest BCUT2D eigenvalue weighted by Crippen LogP contribution is -2.20. The van der Waals surface area contributed by atoms with Crippen molar-refractivity contribution in [3.8, 4) is 0 Å². The van der Waals surface area contributed by atoms with Gasteiger partial charge in [0.1, 0.15) is 0 Å². The smallest absolute Gasteiger partial charge is 0.0380 e. The summed E-state index contributed by atoms with van der Waals surface area (Å²) in [6.07, 6.45) is 7.82. The summed E-state index contributed by atoms with van der Waals surface area (Å²) >= 11 is 0. The molecule has 1 rings (SSSR count). The predicted molar refractivity (Wildman–Crippen MR) is 78.4 cm³/mol. The fourth-order valence-electron chi connectivity index (χ4n) is 1.77. The van der Waals surface area contributed by atoms with E-state index in [4.69, 9.17) is 5.73 Å². The van der Waals surface area contributed by atoms with E-state index < -0.39 is 0 Å². The van der Waals surface area contributed by atoms with Crippen LogP contribution in [-0.4, -0.2) is 18.1 Å². The molecule has 0 amide bonds. The van der Waals surface area contributed by atoms with Crippen LogP contribution in [0.3, 0.4) is 0 Å². The van der Waals surface area contributed by atoms with Crippen LogP contribution < -0.4 is 11.1 Å². The highest BCUT2D eigenvalue weighted by molar-refractivity contribution is 5.45. The van der Waals surface area contributed by atoms with Crippen LogP contribution in [0.5, 0.6) is 0 Å². The minimum absolute atomic E-state index is 0.713. The van der Waals surface area contributed by atoms with Crippen molar-refractivity contribution in [2.75, 3.05) is 18.8 Å². The van der Waals surface area contributed by atoms with Gasteiger partial charge in [-0.2, -0.15) is 0 Å². The molecule has 0 unspecified atom stereocenters. The monoisotopic (exact) mass is 247 g/mol. The Kier molecular flexibility index (Phi) is 6.44. The molecule has 0 bridgehead atoms. The normalized spacial score (nSPS) is 12.1. The third-order valence-corrected chi connectivity index (χ3v) is 2.78. The quantitative estimate of drug-likeness (QED) is 0.575. The van der Waals surface area contributed by atoms with Crippen molar-refractivity contribution in [1.82, 2.24) is 10.3 Å². The zero-order valence-electron chi connectivity index (χ0n) is 11.7. The van der Waals surface area contributed by atoms with Crippen LogP contribution >= 0.6 is 0 Å². The molecule has 3 N–H and O–H groups in total. The van der Waals surface area contributed by atoms with Crippen molar-refractivity contribution in [2.24, 2.45) is 5.92 Å².